The van der Waals surface area contributed by atoms with Crippen molar-refractivity contribution in [2.75, 3.05) is 0 Å². The van der Waals surface area contributed by atoms with Crippen LogP contribution >= 0.6 is 23.2 Å². The summed E-state index contributed by atoms with van der Waals surface area (Å²) in [6.45, 7) is 0. The minimum atomic E-state index is 0.259. The quantitative estimate of drug-likeness (QED) is 0.430. The first-order valence-corrected chi connectivity index (χ1v) is 8.76. The third kappa shape index (κ3) is 3.32. The molecule has 0 radical (unpaired) electrons. The zero-order valence-electron chi connectivity index (χ0n) is 13.6. The number of halogens is 2. The smallest absolute Gasteiger partial charge is 0.137 e. The van der Waals surface area contributed by atoms with Gasteiger partial charge in [0.05, 0.1) is 16.9 Å². The predicted octanol–water partition coefficient (Wildman–Crippen LogP) is 6.42. The first-order valence-electron chi connectivity index (χ1n) is 8.00. The van der Waals surface area contributed by atoms with E-state index >= 15 is 0 Å². The summed E-state index contributed by atoms with van der Waals surface area (Å²) in [7, 11) is 0. The second kappa shape index (κ2) is 6.87. The second-order valence-electron chi connectivity index (χ2n) is 5.89. The predicted molar refractivity (Wildman–Crippen MR) is 107 cm³/mol. The Bertz CT molecular complexity index is 1050. The standard InChI is InChI=1S/C21H14Cl2N2O/c22-16-7-10-18(19(23)11-16)20-12-24-21(25-20)15-3-1-13(2-4-15)14-5-8-17(26)9-6-14/h1-12,26H,(H,24,25). The zero-order chi connectivity index (χ0) is 18.1. The number of aromatic nitrogens is 2. The summed E-state index contributed by atoms with van der Waals surface area (Å²) in [6, 6.07) is 20.6. The summed E-state index contributed by atoms with van der Waals surface area (Å²) in [6.07, 6.45) is 1.76. The number of aromatic amines is 1. The number of H-pyrrole nitrogens is 1. The molecule has 0 aliphatic rings. The SMILES string of the molecule is Oc1ccc(-c2ccc(-c3ncc(-c4ccc(Cl)cc4Cl)[nH]3)cc2)cc1. The third-order valence-electron chi connectivity index (χ3n) is 4.16. The molecule has 1 heterocycles. The van der Waals surface area contributed by atoms with Crippen molar-refractivity contribution in [3.05, 3.63) is 83.0 Å². The largest absolute Gasteiger partial charge is 0.508 e. The first-order chi connectivity index (χ1) is 12.6. The molecular weight excluding hydrogens is 367 g/mol. The number of aromatic hydroxyl groups is 1. The molecule has 0 aliphatic heterocycles. The fraction of sp³-hybridized carbons (Fsp3) is 0. The molecule has 0 amide bonds. The van der Waals surface area contributed by atoms with Crippen molar-refractivity contribution in [2.45, 2.75) is 0 Å². The Balaban J connectivity index is 1.62. The van der Waals surface area contributed by atoms with Crippen LogP contribution in [0.25, 0.3) is 33.8 Å². The van der Waals surface area contributed by atoms with Crippen molar-refractivity contribution in [3.8, 4) is 39.5 Å². The summed E-state index contributed by atoms with van der Waals surface area (Å²) in [5, 5.41) is 10.6. The van der Waals surface area contributed by atoms with Crippen LogP contribution in [0.1, 0.15) is 0 Å². The fourth-order valence-electron chi connectivity index (χ4n) is 2.79. The van der Waals surface area contributed by atoms with E-state index in [9.17, 15) is 5.11 Å². The summed E-state index contributed by atoms with van der Waals surface area (Å²) in [5.74, 6) is 1.03. The average molecular weight is 381 g/mol. The molecule has 0 fully saturated rings. The number of hydrogen-bond acceptors (Lipinski definition) is 2. The van der Waals surface area contributed by atoms with Crippen LogP contribution in [0.3, 0.4) is 0 Å². The van der Waals surface area contributed by atoms with E-state index in [4.69, 9.17) is 23.2 Å². The zero-order valence-corrected chi connectivity index (χ0v) is 15.1. The maximum absolute atomic E-state index is 9.40. The number of rotatable bonds is 3. The number of nitrogens with zero attached hydrogens (tertiary/aromatic N) is 1. The molecule has 128 valence electrons. The number of phenolic OH excluding ortho intramolecular Hbond substituents is 1. The Kier molecular flexibility index (Phi) is 4.41. The highest BCUT2D eigenvalue weighted by molar-refractivity contribution is 6.36. The van der Waals surface area contributed by atoms with Crippen molar-refractivity contribution in [1.29, 1.82) is 0 Å². The molecule has 5 heteroatoms. The molecule has 2 N–H and O–H groups in total. The highest BCUT2D eigenvalue weighted by Gasteiger charge is 2.09. The van der Waals surface area contributed by atoms with Gasteiger partial charge in [0.25, 0.3) is 0 Å². The number of benzene rings is 3. The molecule has 0 saturated carbocycles. The molecule has 0 saturated heterocycles. The van der Waals surface area contributed by atoms with E-state index in [0.29, 0.717) is 10.0 Å². The topological polar surface area (TPSA) is 48.9 Å². The van der Waals surface area contributed by atoms with Crippen LogP contribution in [0, 0.1) is 0 Å². The number of hydrogen-bond donors (Lipinski definition) is 2. The molecule has 1 aromatic heterocycles. The minimum absolute atomic E-state index is 0.259. The molecular formula is C21H14Cl2N2O. The summed E-state index contributed by atoms with van der Waals surface area (Å²) < 4.78 is 0. The fourth-order valence-corrected chi connectivity index (χ4v) is 3.30. The van der Waals surface area contributed by atoms with E-state index in [1.54, 1.807) is 30.5 Å². The van der Waals surface area contributed by atoms with E-state index in [-0.39, 0.29) is 5.75 Å². The summed E-state index contributed by atoms with van der Waals surface area (Å²) in [5.41, 5.74) is 4.78. The van der Waals surface area contributed by atoms with Crippen molar-refractivity contribution in [3.63, 3.8) is 0 Å². The maximum Gasteiger partial charge on any atom is 0.137 e. The Morgan fingerprint density at radius 2 is 1.38 bits per heavy atom. The number of phenols is 1. The van der Waals surface area contributed by atoms with Gasteiger partial charge in [-0.15, -0.1) is 0 Å². The van der Waals surface area contributed by atoms with Gasteiger partial charge in [0.1, 0.15) is 11.6 Å². The van der Waals surface area contributed by atoms with Gasteiger partial charge in [0.15, 0.2) is 0 Å². The maximum atomic E-state index is 9.40. The highest BCUT2D eigenvalue weighted by atomic mass is 35.5. The Hall–Kier alpha value is -2.75. The van der Waals surface area contributed by atoms with Crippen molar-refractivity contribution < 1.29 is 5.11 Å². The normalized spacial score (nSPS) is 10.8. The van der Waals surface area contributed by atoms with Crippen LogP contribution in [0.15, 0.2) is 72.9 Å². The van der Waals surface area contributed by atoms with Crippen LogP contribution < -0.4 is 0 Å². The Morgan fingerprint density at radius 1 is 0.769 bits per heavy atom. The van der Waals surface area contributed by atoms with Crippen molar-refractivity contribution in [2.24, 2.45) is 0 Å². The van der Waals surface area contributed by atoms with Gasteiger partial charge in [-0.05, 0) is 41.5 Å². The number of imidazole rings is 1. The van der Waals surface area contributed by atoms with Crippen LogP contribution in [-0.4, -0.2) is 15.1 Å². The minimum Gasteiger partial charge on any atom is -0.508 e. The molecule has 3 nitrogen and oxygen atoms in total. The highest BCUT2D eigenvalue weighted by Crippen LogP contribution is 2.31. The Labute approximate surface area is 160 Å². The monoisotopic (exact) mass is 380 g/mol. The van der Waals surface area contributed by atoms with Gasteiger partial charge >= 0.3 is 0 Å². The van der Waals surface area contributed by atoms with Gasteiger partial charge < -0.3 is 10.1 Å². The van der Waals surface area contributed by atoms with Gasteiger partial charge in [-0.25, -0.2) is 4.98 Å². The lowest BCUT2D eigenvalue weighted by molar-refractivity contribution is 0.475. The molecule has 4 rings (SSSR count). The first kappa shape index (κ1) is 16.7. The van der Waals surface area contributed by atoms with E-state index in [2.05, 4.69) is 9.97 Å². The van der Waals surface area contributed by atoms with Crippen molar-refractivity contribution >= 4 is 23.2 Å². The summed E-state index contributed by atoms with van der Waals surface area (Å²) in [4.78, 5) is 7.76. The average Bonchev–Trinajstić information content (AvgIpc) is 3.12. The molecule has 0 bridgehead atoms. The van der Waals surface area contributed by atoms with Gasteiger partial charge in [0, 0.05) is 16.1 Å². The van der Waals surface area contributed by atoms with Crippen molar-refractivity contribution in [1.82, 2.24) is 9.97 Å². The van der Waals surface area contributed by atoms with Crippen LogP contribution in [0.2, 0.25) is 10.0 Å². The van der Waals surface area contributed by atoms with E-state index in [1.165, 1.54) is 0 Å². The van der Waals surface area contributed by atoms with E-state index < -0.39 is 0 Å². The van der Waals surface area contributed by atoms with Crippen LogP contribution in [0.4, 0.5) is 0 Å². The lowest BCUT2D eigenvalue weighted by Crippen LogP contribution is -1.83. The van der Waals surface area contributed by atoms with Gasteiger partial charge in [-0.3, -0.25) is 0 Å². The second-order valence-corrected chi connectivity index (χ2v) is 6.74. The Morgan fingerprint density at radius 3 is 2.04 bits per heavy atom. The number of nitrogens with one attached hydrogen (secondary N) is 1. The molecule has 0 unspecified atom stereocenters. The van der Waals surface area contributed by atoms with Gasteiger partial charge in [-0.2, -0.15) is 0 Å². The molecule has 26 heavy (non-hydrogen) atoms. The van der Waals surface area contributed by atoms with Gasteiger partial charge in [-0.1, -0.05) is 59.6 Å². The molecule has 0 atom stereocenters. The van der Waals surface area contributed by atoms with E-state index in [1.807, 2.05) is 42.5 Å². The molecule has 4 aromatic rings. The summed E-state index contributed by atoms with van der Waals surface area (Å²) >= 11 is 12.2. The molecule has 0 aliphatic carbocycles. The molecule has 3 aromatic carbocycles. The lowest BCUT2D eigenvalue weighted by atomic mass is 10.0. The third-order valence-corrected chi connectivity index (χ3v) is 4.70. The van der Waals surface area contributed by atoms with Crippen LogP contribution in [-0.2, 0) is 0 Å². The van der Waals surface area contributed by atoms with Gasteiger partial charge in [0.2, 0.25) is 0 Å². The molecule has 0 spiro atoms. The van der Waals surface area contributed by atoms with E-state index in [0.717, 1.165) is 33.8 Å². The lowest BCUT2D eigenvalue weighted by Gasteiger charge is -2.04. The van der Waals surface area contributed by atoms with Crippen LogP contribution in [0.5, 0.6) is 5.75 Å².